The van der Waals surface area contributed by atoms with E-state index < -0.39 is 32.9 Å². The van der Waals surface area contributed by atoms with Gasteiger partial charge < -0.3 is 15.0 Å². The molecule has 35 heavy (non-hydrogen) atoms. The SMILES string of the molecule is N#CC1(NC(=O)O[C@H]2C[C@@H](S(=O)(=O)c3ccccc3Cl)CN2C(=O)C2CCN2C2CCCC2)CC1. The number of nitrogens with zero attached hydrogens (tertiary/aromatic N) is 3. The Morgan fingerprint density at radius 1 is 1.17 bits per heavy atom. The summed E-state index contributed by atoms with van der Waals surface area (Å²) < 4.78 is 32.5. The first-order valence-electron chi connectivity index (χ1n) is 12.2. The summed E-state index contributed by atoms with van der Waals surface area (Å²) in [5.74, 6) is -0.209. The highest BCUT2D eigenvalue weighted by atomic mass is 35.5. The molecule has 1 aromatic carbocycles. The van der Waals surface area contributed by atoms with Crippen molar-refractivity contribution in [3.63, 3.8) is 0 Å². The molecule has 2 saturated carbocycles. The largest absolute Gasteiger partial charge is 0.425 e. The number of nitrogens with one attached hydrogen (secondary N) is 1. The number of hydrogen-bond donors (Lipinski definition) is 1. The van der Waals surface area contributed by atoms with Crippen LogP contribution in [0.4, 0.5) is 4.79 Å². The van der Waals surface area contributed by atoms with Crippen molar-refractivity contribution in [1.82, 2.24) is 15.1 Å². The minimum Gasteiger partial charge on any atom is -0.425 e. The van der Waals surface area contributed by atoms with Crippen molar-refractivity contribution in [2.24, 2.45) is 0 Å². The van der Waals surface area contributed by atoms with Crippen LogP contribution in [0.2, 0.25) is 5.02 Å². The van der Waals surface area contributed by atoms with Gasteiger partial charge in [0.15, 0.2) is 16.1 Å². The second-order valence-electron chi connectivity index (χ2n) is 9.98. The van der Waals surface area contributed by atoms with Gasteiger partial charge in [-0.15, -0.1) is 0 Å². The number of sulfone groups is 1. The number of rotatable bonds is 6. The van der Waals surface area contributed by atoms with Crippen LogP contribution in [0.1, 0.15) is 51.4 Å². The van der Waals surface area contributed by atoms with Crippen molar-refractivity contribution in [3.8, 4) is 6.07 Å². The summed E-state index contributed by atoms with van der Waals surface area (Å²) in [4.78, 5) is 29.8. The van der Waals surface area contributed by atoms with E-state index in [2.05, 4.69) is 16.3 Å². The van der Waals surface area contributed by atoms with Crippen LogP contribution in [0.15, 0.2) is 29.2 Å². The Labute approximate surface area is 210 Å². The molecule has 4 fully saturated rings. The highest BCUT2D eigenvalue weighted by Gasteiger charge is 2.50. The van der Waals surface area contributed by atoms with Crippen LogP contribution in [0.3, 0.4) is 0 Å². The Kier molecular flexibility index (Phi) is 6.45. The van der Waals surface area contributed by atoms with Gasteiger partial charge in [0.1, 0.15) is 5.54 Å². The third-order valence-corrected chi connectivity index (χ3v) is 10.4. The Hall–Kier alpha value is -2.35. The molecule has 1 unspecified atom stereocenters. The molecule has 0 radical (unpaired) electrons. The third kappa shape index (κ3) is 4.61. The topological polar surface area (TPSA) is 120 Å². The molecule has 2 saturated heterocycles. The summed E-state index contributed by atoms with van der Waals surface area (Å²) in [6, 6.07) is 8.32. The first-order chi connectivity index (χ1) is 16.7. The number of ether oxygens (including phenoxy) is 1. The van der Waals surface area contributed by atoms with E-state index in [1.165, 1.54) is 17.0 Å². The van der Waals surface area contributed by atoms with Crippen LogP contribution in [-0.2, 0) is 19.4 Å². The molecule has 3 atom stereocenters. The molecule has 2 aliphatic heterocycles. The molecule has 5 rings (SSSR count). The number of alkyl carbamates (subject to hydrolysis) is 1. The van der Waals surface area contributed by atoms with E-state index in [1.807, 2.05) is 0 Å². The van der Waals surface area contributed by atoms with E-state index in [-0.39, 0.29) is 34.8 Å². The highest BCUT2D eigenvalue weighted by molar-refractivity contribution is 7.92. The Morgan fingerprint density at radius 3 is 2.49 bits per heavy atom. The Morgan fingerprint density at radius 2 is 1.89 bits per heavy atom. The second-order valence-corrected chi connectivity index (χ2v) is 12.6. The first-order valence-corrected chi connectivity index (χ1v) is 14.1. The van der Waals surface area contributed by atoms with E-state index in [4.69, 9.17) is 16.3 Å². The van der Waals surface area contributed by atoms with E-state index in [0.29, 0.717) is 25.3 Å². The number of hydrogen-bond acceptors (Lipinski definition) is 7. The summed E-state index contributed by atoms with van der Waals surface area (Å²) in [5, 5.41) is 11.0. The van der Waals surface area contributed by atoms with Gasteiger partial charge in [0, 0.05) is 25.6 Å². The zero-order valence-electron chi connectivity index (χ0n) is 19.4. The molecule has 1 aromatic rings. The lowest BCUT2D eigenvalue weighted by Crippen LogP contribution is -2.61. The van der Waals surface area contributed by atoms with Gasteiger partial charge in [0.05, 0.1) is 27.3 Å². The summed E-state index contributed by atoms with van der Waals surface area (Å²) in [6.45, 7) is 0.760. The number of carbonyl (C=O) groups excluding carboxylic acids is 2. The number of benzene rings is 1. The van der Waals surface area contributed by atoms with Crippen LogP contribution in [0, 0.1) is 11.3 Å². The number of likely N-dealkylation sites (tertiary alicyclic amines) is 2. The van der Waals surface area contributed by atoms with Gasteiger partial charge in [-0.1, -0.05) is 36.6 Å². The quantitative estimate of drug-likeness (QED) is 0.612. The summed E-state index contributed by atoms with van der Waals surface area (Å²) in [6.07, 6.45) is 4.29. The fraction of sp³-hybridized carbons (Fsp3) is 0.625. The fourth-order valence-electron chi connectivity index (χ4n) is 5.46. The lowest BCUT2D eigenvalue weighted by Gasteiger charge is -2.45. The van der Waals surface area contributed by atoms with Crippen LogP contribution in [0.5, 0.6) is 0 Å². The zero-order chi connectivity index (χ0) is 24.8. The highest BCUT2D eigenvalue weighted by Crippen LogP contribution is 2.37. The molecule has 0 bridgehead atoms. The minimum absolute atomic E-state index is 0.00167. The maximum atomic E-state index is 13.6. The van der Waals surface area contributed by atoms with Crippen molar-refractivity contribution in [1.29, 1.82) is 5.26 Å². The van der Waals surface area contributed by atoms with Crippen LogP contribution >= 0.6 is 11.6 Å². The predicted octanol–water partition coefficient (Wildman–Crippen LogP) is 2.84. The van der Waals surface area contributed by atoms with E-state index >= 15 is 0 Å². The maximum Gasteiger partial charge on any atom is 0.410 e. The monoisotopic (exact) mass is 520 g/mol. The molecule has 9 nitrogen and oxygen atoms in total. The zero-order valence-corrected chi connectivity index (χ0v) is 20.9. The molecule has 4 aliphatic rings. The van der Waals surface area contributed by atoms with Gasteiger partial charge in [-0.05, 0) is 44.2 Å². The summed E-state index contributed by atoms with van der Waals surface area (Å²) >= 11 is 6.18. The van der Waals surface area contributed by atoms with Crippen LogP contribution < -0.4 is 5.32 Å². The van der Waals surface area contributed by atoms with E-state index in [1.54, 1.807) is 12.1 Å². The normalized spacial score (nSPS) is 28.2. The average Bonchev–Trinajstić information content (AvgIpc) is 3.17. The number of amides is 2. The fourth-order valence-corrected chi connectivity index (χ4v) is 7.66. The standard InChI is InChI=1S/C24H29ClN4O5S/c25-18-7-3-4-8-20(18)35(32,33)17-13-21(34-23(31)27-24(15-26)10-11-24)29(14-17)22(30)19-9-12-28(19)16-5-1-2-6-16/h3-4,7-8,16-17,19,21H,1-2,5-6,9-14H2,(H,27,31)/t17-,19?,21+/m1/s1. The van der Waals surface area contributed by atoms with Gasteiger partial charge in [-0.2, -0.15) is 5.26 Å². The van der Waals surface area contributed by atoms with E-state index in [9.17, 15) is 23.3 Å². The van der Waals surface area contributed by atoms with Gasteiger partial charge in [0.2, 0.25) is 5.91 Å². The number of carbonyl (C=O) groups is 2. The molecule has 2 amide bonds. The molecule has 1 N–H and O–H groups in total. The first kappa shape index (κ1) is 24.3. The Balaban J connectivity index is 1.36. The second kappa shape index (κ2) is 9.26. The van der Waals surface area contributed by atoms with Gasteiger partial charge >= 0.3 is 6.09 Å². The number of halogens is 1. The van der Waals surface area contributed by atoms with Crippen molar-refractivity contribution in [2.75, 3.05) is 13.1 Å². The summed E-state index contributed by atoms with van der Waals surface area (Å²) in [7, 11) is -3.88. The van der Waals surface area contributed by atoms with Crippen molar-refractivity contribution < 1.29 is 22.7 Å². The van der Waals surface area contributed by atoms with Crippen molar-refractivity contribution in [2.45, 2.75) is 85.4 Å². The van der Waals surface area contributed by atoms with E-state index in [0.717, 1.165) is 32.2 Å². The molecule has 188 valence electrons. The van der Waals surface area contributed by atoms with Crippen LogP contribution in [-0.4, -0.2) is 72.4 Å². The molecular weight excluding hydrogens is 492 g/mol. The minimum atomic E-state index is -3.88. The molecule has 0 spiro atoms. The molecule has 11 heteroatoms. The third-order valence-electron chi connectivity index (χ3n) is 7.77. The number of nitriles is 1. The predicted molar refractivity (Wildman–Crippen MR) is 127 cm³/mol. The summed E-state index contributed by atoms with van der Waals surface area (Å²) in [5.41, 5.74) is -0.930. The van der Waals surface area contributed by atoms with Gasteiger partial charge in [-0.25, -0.2) is 13.2 Å². The smallest absolute Gasteiger partial charge is 0.410 e. The van der Waals surface area contributed by atoms with Gasteiger partial charge in [0.25, 0.3) is 0 Å². The molecule has 0 aromatic heterocycles. The van der Waals surface area contributed by atoms with Crippen molar-refractivity contribution >= 4 is 33.4 Å². The molecular formula is C24H29ClN4O5S. The lowest BCUT2D eigenvalue weighted by molar-refractivity contribution is -0.150. The Bertz CT molecular complexity index is 1160. The average molecular weight is 521 g/mol. The molecule has 2 aliphatic carbocycles. The van der Waals surface area contributed by atoms with Crippen molar-refractivity contribution in [3.05, 3.63) is 29.3 Å². The van der Waals surface area contributed by atoms with Crippen LogP contribution in [0.25, 0.3) is 0 Å². The lowest BCUT2D eigenvalue weighted by atomic mass is 9.97. The molecule has 2 heterocycles. The maximum absolute atomic E-state index is 13.6. The van der Waals surface area contributed by atoms with Gasteiger partial charge in [-0.3, -0.25) is 9.69 Å².